The third kappa shape index (κ3) is 4.84. The zero-order chi connectivity index (χ0) is 12.0. The molecule has 1 rings (SSSR count). The van der Waals surface area contributed by atoms with Crippen LogP contribution in [0, 0.1) is 5.92 Å². The van der Waals surface area contributed by atoms with Gasteiger partial charge in [0.2, 0.25) is 0 Å². The minimum absolute atomic E-state index is 0.465. The second-order valence-electron chi connectivity index (χ2n) is 4.46. The maximum absolute atomic E-state index is 4.22. The van der Waals surface area contributed by atoms with E-state index in [1.54, 1.807) is 18.1 Å². The molecule has 1 N–H and O–H groups in total. The van der Waals surface area contributed by atoms with Crippen molar-refractivity contribution < 1.29 is 0 Å². The second-order valence-corrected chi connectivity index (χ2v) is 5.29. The maximum Gasteiger partial charge on any atom is 0.130 e. The van der Waals surface area contributed by atoms with Crippen LogP contribution in [0.1, 0.15) is 33.6 Å². The first-order chi connectivity index (χ1) is 7.61. The molecule has 1 unspecified atom stereocenters. The number of thioether (sulfide) groups is 1. The van der Waals surface area contributed by atoms with Gasteiger partial charge in [0.15, 0.2) is 0 Å². The van der Waals surface area contributed by atoms with Gasteiger partial charge in [-0.3, -0.25) is 0 Å². The van der Waals surface area contributed by atoms with Gasteiger partial charge in [0.05, 0.1) is 0 Å². The SMILES string of the molecule is CSc1cc(NC(C)CCC(C)C)ncn1. The van der Waals surface area contributed by atoms with Crippen LogP contribution in [-0.4, -0.2) is 22.3 Å². The van der Waals surface area contributed by atoms with Gasteiger partial charge in [-0.25, -0.2) is 9.97 Å². The summed E-state index contributed by atoms with van der Waals surface area (Å²) in [5.74, 6) is 1.69. The Bertz CT molecular complexity index is 315. The van der Waals surface area contributed by atoms with Crippen LogP contribution >= 0.6 is 11.8 Å². The molecule has 0 bridgehead atoms. The summed E-state index contributed by atoms with van der Waals surface area (Å²) in [6, 6.07) is 2.46. The number of rotatable bonds is 6. The van der Waals surface area contributed by atoms with Crippen LogP contribution in [0.4, 0.5) is 5.82 Å². The molecule has 0 radical (unpaired) electrons. The zero-order valence-electron chi connectivity index (χ0n) is 10.5. The molecule has 0 spiro atoms. The Morgan fingerprint density at radius 2 is 2.00 bits per heavy atom. The molecule has 16 heavy (non-hydrogen) atoms. The van der Waals surface area contributed by atoms with E-state index in [1.165, 1.54) is 12.8 Å². The summed E-state index contributed by atoms with van der Waals surface area (Å²) in [4.78, 5) is 8.37. The summed E-state index contributed by atoms with van der Waals surface area (Å²) in [6.07, 6.45) is 6.06. The fraction of sp³-hybridized carbons (Fsp3) is 0.667. The van der Waals surface area contributed by atoms with Gasteiger partial charge >= 0.3 is 0 Å². The third-order valence-electron chi connectivity index (χ3n) is 2.42. The Hall–Kier alpha value is -0.770. The lowest BCUT2D eigenvalue weighted by molar-refractivity contribution is 0.527. The first-order valence-corrected chi connectivity index (χ1v) is 6.97. The molecule has 1 aromatic rings. The maximum atomic E-state index is 4.22. The highest BCUT2D eigenvalue weighted by Crippen LogP contribution is 2.16. The number of hydrogen-bond acceptors (Lipinski definition) is 4. The average Bonchev–Trinajstić information content (AvgIpc) is 2.26. The highest BCUT2D eigenvalue weighted by atomic mass is 32.2. The van der Waals surface area contributed by atoms with E-state index in [1.807, 2.05) is 12.3 Å². The number of nitrogens with zero attached hydrogens (tertiary/aromatic N) is 2. The van der Waals surface area contributed by atoms with E-state index in [9.17, 15) is 0 Å². The summed E-state index contributed by atoms with van der Waals surface area (Å²) in [7, 11) is 0. The van der Waals surface area contributed by atoms with Gasteiger partial charge in [0, 0.05) is 12.1 Å². The molecule has 1 heterocycles. The highest BCUT2D eigenvalue weighted by molar-refractivity contribution is 7.98. The molecule has 0 aliphatic heterocycles. The van der Waals surface area contributed by atoms with E-state index < -0.39 is 0 Å². The van der Waals surface area contributed by atoms with Crippen LogP contribution in [0.3, 0.4) is 0 Å². The second kappa shape index (κ2) is 6.74. The van der Waals surface area contributed by atoms with Crippen LogP contribution in [0.5, 0.6) is 0 Å². The third-order valence-corrected chi connectivity index (χ3v) is 3.06. The molecule has 0 aliphatic rings. The summed E-state index contributed by atoms with van der Waals surface area (Å²) in [5, 5.41) is 4.42. The Kier molecular flexibility index (Phi) is 5.60. The predicted molar refractivity (Wildman–Crippen MR) is 71.0 cm³/mol. The molecule has 3 nitrogen and oxygen atoms in total. The highest BCUT2D eigenvalue weighted by Gasteiger charge is 2.05. The molecule has 1 atom stereocenters. The van der Waals surface area contributed by atoms with Crippen molar-refractivity contribution in [2.24, 2.45) is 5.92 Å². The van der Waals surface area contributed by atoms with Gasteiger partial charge in [-0.15, -0.1) is 11.8 Å². The van der Waals surface area contributed by atoms with Crippen molar-refractivity contribution in [3.05, 3.63) is 12.4 Å². The van der Waals surface area contributed by atoms with Crippen molar-refractivity contribution in [3.63, 3.8) is 0 Å². The minimum atomic E-state index is 0.465. The van der Waals surface area contributed by atoms with E-state index in [0.29, 0.717) is 6.04 Å². The van der Waals surface area contributed by atoms with E-state index in [0.717, 1.165) is 16.8 Å². The molecule has 0 fully saturated rings. The molecule has 0 saturated heterocycles. The molecule has 0 aliphatic carbocycles. The normalized spacial score (nSPS) is 12.8. The fourth-order valence-corrected chi connectivity index (χ4v) is 1.82. The quantitative estimate of drug-likeness (QED) is 0.609. The topological polar surface area (TPSA) is 37.8 Å². The molecule has 1 aromatic heterocycles. The Morgan fingerprint density at radius 3 is 2.62 bits per heavy atom. The smallest absolute Gasteiger partial charge is 0.130 e. The van der Waals surface area contributed by atoms with Crippen molar-refractivity contribution in [2.75, 3.05) is 11.6 Å². The largest absolute Gasteiger partial charge is 0.367 e. The molecule has 0 amide bonds. The van der Waals surface area contributed by atoms with Crippen molar-refractivity contribution >= 4 is 17.6 Å². The van der Waals surface area contributed by atoms with Crippen molar-refractivity contribution in [1.82, 2.24) is 9.97 Å². The lowest BCUT2D eigenvalue weighted by Crippen LogP contribution is -2.16. The van der Waals surface area contributed by atoms with Crippen LogP contribution < -0.4 is 5.32 Å². The van der Waals surface area contributed by atoms with Gasteiger partial charge < -0.3 is 5.32 Å². The summed E-state index contributed by atoms with van der Waals surface area (Å²) in [5.41, 5.74) is 0. The number of nitrogens with one attached hydrogen (secondary N) is 1. The summed E-state index contributed by atoms with van der Waals surface area (Å²) in [6.45, 7) is 6.70. The summed E-state index contributed by atoms with van der Waals surface area (Å²) >= 11 is 1.64. The van der Waals surface area contributed by atoms with Gasteiger partial charge in [0.1, 0.15) is 17.2 Å². The van der Waals surface area contributed by atoms with E-state index in [2.05, 4.69) is 36.1 Å². The van der Waals surface area contributed by atoms with E-state index in [4.69, 9.17) is 0 Å². The average molecular weight is 239 g/mol. The number of aromatic nitrogens is 2. The lowest BCUT2D eigenvalue weighted by Gasteiger charge is -2.15. The van der Waals surface area contributed by atoms with Crippen molar-refractivity contribution in [3.8, 4) is 0 Å². The van der Waals surface area contributed by atoms with Crippen LogP contribution in [0.15, 0.2) is 17.4 Å². The van der Waals surface area contributed by atoms with E-state index >= 15 is 0 Å². The molecule has 0 aromatic carbocycles. The van der Waals surface area contributed by atoms with Crippen LogP contribution in [0.25, 0.3) is 0 Å². The van der Waals surface area contributed by atoms with Crippen LogP contribution in [-0.2, 0) is 0 Å². The van der Waals surface area contributed by atoms with Crippen molar-refractivity contribution in [2.45, 2.75) is 44.7 Å². The Balaban J connectivity index is 2.45. The first-order valence-electron chi connectivity index (χ1n) is 5.74. The number of hydrogen-bond donors (Lipinski definition) is 1. The number of anilines is 1. The minimum Gasteiger partial charge on any atom is -0.367 e. The first kappa shape index (κ1) is 13.3. The zero-order valence-corrected chi connectivity index (χ0v) is 11.3. The predicted octanol–water partition coefficient (Wildman–Crippen LogP) is 3.44. The van der Waals surface area contributed by atoms with Gasteiger partial charge in [-0.05, 0) is 31.9 Å². The lowest BCUT2D eigenvalue weighted by atomic mass is 10.0. The Labute approximate surface area is 102 Å². The van der Waals surface area contributed by atoms with Gasteiger partial charge in [0.25, 0.3) is 0 Å². The Morgan fingerprint density at radius 1 is 1.25 bits per heavy atom. The monoisotopic (exact) mass is 239 g/mol. The standard InChI is InChI=1S/C12H21N3S/c1-9(2)5-6-10(3)15-11-7-12(16-4)14-8-13-11/h7-10H,5-6H2,1-4H3,(H,13,14,15). The molecular formula is C12H21N3S. The van der Waals surface area contributed by atoms with Crippen molar-refractivity contribution in [1.29, 1.82) is 0 Å². The summed E-state index contributed by atoms with van der Waals surface area (Å²) < 4.78 is 0. The van der Waals surface area contributed by atoms with Gasteiger partial charge in [-0.1, -0.05) is 13.8 Å². The van der Waals surface area contributed by atoms with Gasteiger partial charge in [-0.2, -0.15) is 0 Å². The van der Waals surface area contributed by atoms with Crippen LogP contribution in [0.2, 0.25) is 0 Å². The molecule has 0 saturated carbocycles. The molecule has 90 valence electrons. The molecular weight excluding hydrogens is 218 g/mol. The van der Waals surface area contributed by atoms with E-state index in [-0.39, 0.29) is 0 Å². The fourth-order valence-electron chi connectivity index (χ4n) is 1.44. The molecule has 4 heteroatoms.